The molecule has 1 saturated heterocycles. The van der Waals surface area contributed by atoms with Gasteiger partial charge >= 0.3 is 0 Å². The SMILES string of the molecule is COc1ccc(C(=O)[C@H]2O[C@@H]2c2ccc(Cl)cc2)cc1. The van der Waals surface area contributed by atoms with Crippen molar-refractivity contribution in [2.75, 3.05) is 7.11 Å². The van der Waals surface area contributed by atoms with Gasteiger partial charge in [0.15, 0.2) is 11.9 Å². The van der Waals surface area contributed by atoms with Crippen LogP contribution < -0.4 is 4.74 Å². The summed E-state index contributed by atoms with van der Waals surface area (Å²) in [7, 11) is 1.59. The molecule has 20 heavy (non-hydrogen) atoms. The van der Waals surface area contributed by atoms with E-state index in [0.29, 0.717) is 10.6 Å². The van der Waals surface area contributed by atoms with Crippen LogP contribution in [0.3, 0.4) is 0 Å². The Bertz CT molecular complexity index is 619. The average molecular weight is 289 g/mol. The summed E-state index contributed by atoms with van der Waals surface area (Å²) < 4.78 is 10.6. The van der Waals surface area contributed by atoms with Crippen LogP contribution in [-0.4, -0.2) is 19.0 Å². The molecule has 0 spiro atoms. The number of halogens is 1. The molecule has 1 aliphatic rings. The van der Waals surface area contributed by atoms with Crippen LogP contribution in [0.25, 0.3) is 0 Å². The quantitative estimate of drug-likeness (QED) is 0.636. The maximum atomic E-state index is 12.3. The average Bonchev–Trinajstić information content (AvgIpc) is 3.28. The maximum absolute atomic E-state index is 12.3. The van der Waals surface area contributed by atoms with Crippen LogP contribution in [0, 0.1) is 0 Å². The molecule has 0 unspecified atom stereocenters. The van der Waals surface area contributed by atoms with Crippen LogP contribution in [0.5, 0.6) is 5.75 Å². The maximum Gasteiger partial charge on any atom is 0.194 e. The van der Waals surface area contributed by atoms with Crippen molar-refractivity contribution in [3.63, 3.8) is 0 Å². The summed E-state index contributed by atoms with van der Waals surface area (Å²) in [5.41, 5.74) is 1.61. The first-order valence-corrected chi connectivity index (χ1v) is 6.66. The highest BCUT2D eigenvalue weighted by atomic mass is 35.5. The van der Waals surface area contributed by atoms with Gasteiger partial charge in [-0.3, -0.25) is 4.79 Å². The van der Waals surface area contributed by atoms with Crippen molar-refractivity contribution in [1.29, 1.82) is 0 Å². The van der Waals surface area contributed by atoms with E-state index in [1.54, 1.807) is 43.5 Å². The Kier molecular flexibility index (Phi) is 3.47. The number of carbonyl (C=O) groups excluding carboxylic acids is 1. The normalized spacial score (nSPS) is 20.5. The second-order valence-corrected chi connectivity index (χ2v) is 5.06. The zero-order valence-corrected chi connectivity index (χ0v) is 11.6. The lowest BCUT2D eigenvalue weighted by atomic mass is 10.0. The van der Waals surface area contributed by atoms with E-state index >= 15 is 0 Å². The number of epoxide rings is 1. The Balaban J connectivity index is 1.71. The first-order valence-electron chi connectivity index (χ1n) is 6.28. The monoisotopic (exact) mass is 288 g/mol. The van der Waals surface area contributed by atoms with Gasteiger partial charge in [-0.2, -0.15) is 0 Å². The smallest absolute Gasteiger partial charge is 0.194 e. The minimum Gasteiger partial charge on any atom is -0.497 e. The Labute approximate surface area is 122 Å². The molecule has 102 valence electrons. The third-order valence-corrected chi connectivity index (χ3v) is 3.58. The summed E-state index contributed by atoms with van der Waals surface area (Å²) in [6, 6.07) is 14.4. The van der Waals surface area contributed by atoms with Gasteiger partial charge < -0.3 is 9.47 Å². The minimum atomic E-state index is -0.399. The van der Waals surface area contributed by atoms with Crippen molar-refractivity contribution in [3.05, 3.63) is 64.7 Å². The van der Waals surface area contributed by atoms with Crippen molar-refractivity contribution in [2.45, 2.75) is 12.2 Å². The van der Waals surface area contributed by atoms with Gasteiger partial charge in [-0.15, -0.1) is 0 Å². The molecule has 4 heteroatoms. The van der Waals surface area contributed by atoms with Gasteiger partial charge in [-0.1, -0.05) is 23.7 Å². The Hall–Kier alpha value is -1.84. The Morgan fingerprint density at radius 3 is 2.35 bits per heavy atom. The third kappa shape index (κ3) is 2.55. The Morgan fingerprint density at radius 2 is 1.75 bits per heavy atom. The van der Waals surface area contributed by atoms with Crippen LogP contribution in [0.15, 0.2) is 48.5 Å². The molecule has 2 atom stereocenters. The molecule has 0 aromatic heterocycles. The van der Waals surface area contributed by atoms with E-state index in [0.717, 1.165) is 11.3 Å². The third-order valence-electron chi connectivity index (χ3n) is 3.32. The fourth-order valence-corrected chi connectivity index (χ4v) is 2.26. The molecule has 1 heterocycles. The van der Waals surface area contributed by atoms with E-state index in [2.05, 4.69) is 0 Å². The van der Waals surface area contributed by atoms with Crippen LogP contribution in [0.2, 0.25) is 5.02 Å². The molecule has 0 bridgehead atoms. The number of carbonyl (C=O) groups is 1. The van der Waals surface area contributed by atoms with E-state index in [-0.39, 0.29) is 11.9 Å². The summed E-state index contributed by atoms with van der Waals surface area (Å²) in [6.45, 7) is 0. The molecule has 0 amide bonds. The standard InChI is InChI=1S/C16H13ClO3/c1-19-13-8-4-10(5-9-13)14(18)16-15(20-16)11-2-6-12(17)7-3-11/h2-9,15-16H,1H3/t15-,16-/m1/s1. The molecule has 0 aliphatic carbocycles. The number of methoxy groups -OCH3 is 1. The van der Waals surface area contributed by atoms with Gasteiger partial charge in [-0.05, 0) is 42.0 Å². The van der Waals surface area contributed by atoms with Crippen molar-refractivity contribution < 1.29 is 14.3 Å². The van der Waals surface area contributed by atoms with Gasteiger partial charge in [0.2, 0.25) is 0 Å². The summed E-state index contributed by atoms with van der Waals surface area (Å²) in [5.74, 6) is 0.722. The largest absolute Gasteiger partial charge is 0.497 e. The van der Waals surface area contributed by atoms with Gasteiger partial charge in [0.1, 0.15) is 11.9 Å². The number of hydrogen-bond donors (Lipinski definition) is 0. The second-order valence-electron chi connectivity index (χ2n) is 4.62. The molecule has 0 N–H and O–H groups in total. The highest BCUT2D eigenvalue weighted by molar-refractivity contribution is 6.30. The highest BCUT2D eigenvalue weighted by Crippen LogP contribution is 2.40. The lowest BCUT2D eigenvalue weighted by molar-refractivity contribution is 0.0953. The summed E-state index contributed by atoms with van der Waals surface area (Å²) in [5, 5.41) is 0.674. The molecule has 2 aromatic rings. The zero-order chi connectivity index (χ0) is 14.1. The molecule has 3 rings (SSSR count). The molecule has 2 aromatic carbocycles. The van der Waals surface area contributed by atoms with Gasteiger partial charge in [0.05, 0.1) is 7.11 Å². The van der Waals surface area contributed by atoms with E-state index < -0.39 is 6.10 Å². The predicted octanol–water partition coefficient (Wildman–Crippen LogP) is 3.67. The fraction of sp³-hybridized carbons (Fsp3) is 0.188. The van der Waals surface area contributed by atoms with Crippen LogP contribution in [0.1, 0.15) is 22.0 Å². The van der Waals surface area contributed by atoms with Crippen molar-refractivity contribution in [2.24, 2.45) is 0 Å². The van der Waals surface area contributed by atoms with E-state index in [1.807, 2.05) is 12.1 Å². The Morgan fingerprint density at radius 1 is 1.10 bits per heavy atom. The molecule has 3 nitrogen and oxygen atoms in total. The number of ketones is 1. The lowest BCUT2D eigenvalue weighted by Crippen LogP contribution is -2.08. The summed E-state index contributed by atoms with van der Waals surface area (Å²) >= 11 is 5.84. The van der Waals surface area contributed by atoms with Crippen LogP contribution in [-0.2, 0) is 4.74 Å². The van der Waals surface area contributed by atoms with Gasteiger partial charge in [0.25, 0.3) is 0 Å². The molecular formula is C16H13ClO3. The van der Waals surface area contributed by atoms with Crippen molar-refractivity contribution >= 4 is 17.4 Å². The summed E-state index contributed by atoms with van der Waals surface area (Å²) in [6.07, 6.45) is -0.563. The van der Waals surface area contributed by atoms with Crippen LogP contribution in [0.4, 0.5) is 0 Å². The van der Waals surface area contributed by atoms with Gasteiger partial charge in [0, 0.05) is 10.6 Å². The van der Waals surface area contributed by atoms with Crippen LogP contribution >= 0.6 is 11.6 Å². The minimum absolute atomic E-state index is 0.00685. The number of ether oxygens (including phenoxy) is 2. The van der Waals surface area contributed by atoms with Crippen molar-refractivity contribution in [3.8, 4) is 5.75 Å². The number of Topliss-reactive ketones (excluding diaryl/α,β-unsaturated/α-hetero) is 1. The molecule has 1 fully saturated rings. The highest BCUT2D eigenvalue weighted by Gasteiger charge is 2.46. The predicted molar refractivity (Wildman–Crippen MR) is 76.4 cm³/mol. The summed E-state index contributed by atoms with van der Waals surface area (Å²) in [4.78, 5) is 12.3. The number of benzene rings is 2. The first kappa shape index (κ1) is 13.2. The number of rotatable bonds is 4. The first-order chi connectivity index (χ1) is 9.69. The van der Waals surface area contributed by atoms with E-state index in [9.17, 15) is 4.79 Å². The molecule has 0 saturated carbocycles. The molecule has 0 radical (unpaired) electrons. The van der Waals surface area contributed by atoms with E-state index in [1.165, 1.54) is 0 Å². The van der Waals surface area contributed by atoms with Gasteiger partial charge in [-0.25, -0.2) is 0 Å². The lowest BCUT2D eigenvalue weighted by Gasteiger charge is -2.01. The topological polar surface area (TPSA) is 38.8 Å². The van der Waals surface area contributed by atoms with Crippen molar-refractivity contribution in [1.82, 2.24) is 0 Å². The zero-order valence-electron chi connectivity index (χ0n) is 10.9. The number of hydrogen-bond acceptors (Lipinski definition) is 3. The second kappa shape index (κ2) is 5.27. The van der Waals surface area contributed by atoms with E-state index in [4.69, 9.17) is 21.1 Å². The molecular weight excluding hydrogens is 276 g/mol. The fourth-order valence-electron chi connectivity index (χ4n) is 2.14. The molecule has 1 aliphatic heterocycles.